The minimum atomic E-state index is 0.406. The highest BCUT2D eigenvalue weighted by Crippen LogP contribution is 2.09. The standard InChI is InChI=1S/C12H17NO2S/c1-2-14-7-8-15-9-10-5-3-4-6-11(10)12(13)16/h3-6H,2,7-9H2,1H3,(H2,13,16). The van der Waals surface area contributed by atoms with Gasteiger partial charge in [0.25, 0.3) is 0 Å². The molecule has 4 heteroatoms. The van der Waals surface area contributed by atoms with E-state index >= 15 is 0 Å². The predicted molar refractivity (Wildman–Crippen MR) is 68.5 cm³/mol. The van der Waals surface area contributed by atoms with Crippen molar-refractivity contribution in [3.63, 3.8) is 0 Å². The van der Waals surface area contributed by atoms with Crippen molar-refractivity contribution in [2.75, 3.05) is 19.8 Å². The van der Waals surface area contributed by atoms with Crippen LogP contribution >= 0.6 is 12.2 Å². The van der Waals surface area contributed by atoms with Gasteiger partial charge in [-0.2, -0.15) is 0 Å². The molecule has 0 heterocycles. The second kappa shape index (κ2) is 7.33. The molecule has 0 aliphatic heterocycles. The lowest BCUT2D eigenvalue weighted by molar-refractivity contribution is 0.0452. The van der Waals surface area contributed by atoms with Crippen molar-refractivity contribution < 1.29 is 9.47 Å². The number of hydrogen-bond donors (Lipinski definition) is 1. The number of thiocarbonyl (C=S) groups is 1. The van der Waals surface area contributed by atoms with Crippen LogP contribution in [0, 0.1) is 0 Å². The van der Waals surface area contributed by atoms with Crippen molar-refractivity contribution >= 4 is 17.2 Å². The summed E-state index contributed by atoms with van der Waals surface area (Å²) in [6, 6.07) is 7.74. The van der Waals surface area contributed by atoms with Crippen molar-refractivity contribution in [2.24, 2.45) is 5.73 Å². The Kier molecular flexibility index (Phi) is 6.00. The van der Waals surface area contributed by atoms with Crippen LogP contribution in [0.3, 0.4) is 0 Å². The van der Waals surface area contributed by atoms with Crippen LogP contribution in [-0.4, -0.2) is 24.8 Å². The van der Waals surface area contributed by atoms with Gasteiger partial charge in [-0.05, 0) is 12.5 Å². The highest BCUT2D eigenvalue weighted by molar-refractivity contribution is 7.80. The van der Waals surface area contributed by atoms with Gasteiger partial charge in [-0.1, -0.05) is 36.5 Å². The molecule has 88 valence electrons. The molecule has 0 saturated heterocycles. The first-order chi connectivity index (χ1) is 7.75. The number of ether oxygens (including phenoxy) is 2. The third-order valence-corrected chi connectivity index (χ3v) is 2.34. The van der Waals surface area contributed by atoms with E-state index in [-0.39, 0.29) is 0 Å². The molecular weight excluding hydrogens is 222 g/mol. The molecule has 0 fully saturated rings. The van der Waals surface area contributed by atoms with Crippen LogP contribution in [0.25, 0.3) is 0 Å². The molecule has 1 aromatic carbocycles. The van der Waals surface area contributed by atoms with Crippen molar-refractivity contribution in [1.29, 1.82) is 0 Å². The predicted octanol–water partition coefficient (Wildman–Crippen LogP) is 1.87. The van der Waals surface area contributed by atoms with E-state index in [4.69, 9.17) is 27.4 Å². The summed E-state index contributed by atoms with van der Waals surface area (Å²) >= 11 is 4.97. The van der Waals surface area contributed by atoms with Gasteiger partial charge < -0.3 is 15.2 Å². The van der Waals surface area contributed by atoms with Crippen LogP contribution in [0.5, 0.6) is 0 Å². The van der Waals surface area contributed by atoms with Crippen LogP contribution < -0.4 is 5.73 Å². The average molecular weight is 239 g/mol. The second-order valence-corrected chi connectivity index (χ2v) is 3.71. The minimum absolute atomic E-state index is 0.406. The molecule has 0 aliphatic rings. The molecule has 0 saturated carbocycles. The molecule has 2 N–H and O–H groups in total. The normalized spacial score (nSPS) is 10.3. The molecule has 0 spiro atoms. The Morgan fingerprint density at radius 3 is 2.62 bits per heavy atom. The SMILES string of the molecule is CCOCCOCc1ccccc1C(N)=S. The first kappa shape index (κ1) is 13.1. The van der Waals surface area contributed by atoms with E-state index in [9.17, 15) is 0 Å². The Balaban J connectivity index is 2.44. The first-order valence-electron chi connectivity index (χ1n) is 5.29. The van der Waals surface area contributed by atoms with Gasteiger partial charge in [-0.15, -0.1) is 0 Å². The molecule has 0 amide bonds. The summed E-state index contributed by atoms with van der Waals surface area (Å²) in [6.07, 6.45) is 0. The third kappa shape index (κ3) is 4.26. The summed E-state index contributed by atoms with van der Waals surface area (Å²) in [5.74, 6) is 0. The summed E-state index contributed by atoms with van der Waals surface area (Å²) in [4.78, 5) is 0.406. The van der Waals surface area contributed by atoms with Crippen molar-refractivity contribution in [1.82, 2.24) is 0 Å². The van der Waals surface area contributed by atoms with Gasteiger partial charge in [-0.25, -0.2) is 0 Å². The van der Waals surface area contributed by atoms with Crippen molar-refractivity contribution in [3.8, 4) is 0 Å². The summed E-state index contributed by atoms with van der Waals surface area (Å²) in [7, 11) is 0. The Hall–Kier alpha value is -0.970. The van der Waals surface area contributed by atoms with E-state index in [0.717, 1.165) is 11.1 Å². The smallest absolute Gasteiger partial charge is 0.104 e. The summed E-state index contributed by atoms with van der Waals surface area (Å²) in [5.41, 5.74) is 7.52. The quantitative estimate of drug-likeness (QED) is 0.583. The van der Waals surface area contributed by atoms with E-state index in [1.165, 1.54) is 0 Å². The van der Waals surface area contributed by atoms with Crippen LogP contribution in [0.15, 0.2) is 24.3 Å². The van der Waals surface area contributed by atoms with Gasteiger partial charge >= 0.3 is 0 Å². The highest BCUT2D eigenvalue weighted by atomic mass is 32.1. The minimum Gasteiger partial charge on any atom is -0.389 e. The lowest BCUT2D eigenvalue weighted by Crippen LogP contribution is -2.13. The first-order valence-corrected chi connectivity index (χ1v) is 5.69. The Morgan fingerprint density at radius 1 is 1.25 bits per heavy atom. The van der Waals surface area contributed by atoms with Gasteiger partial charge in [0.2, 0.25) is 0 Å². The maximum absolute atomic E-state index is 5.62. The average Bonchev–Trinajstić information content (AvgIpc) is 2.29. The molecule has 0 bridgehead atoms. The van der Waals surface area contributed by atoms with E-state index < -0.39 is 0 Å². The summed E-state index contributed by atoms with van der Waals surface area (Å²) in [5, 5.41) is 0. The number of hydrogen-bond acceptors (Lipinski definition) is 3. The Morgan fingerprint density at radius 2 is 1.94 bits per heavy atom. The van der Waals surface area contributed by atoms with Gasteiger partial charge in [-0.3, -0.25) is 0 Å². The fraction of sp³-hybridized carbons (Fsp3) is 0.417. The lowest BCUT2D eigenvalue weighted by Gasteiger charge is -2.08. The van der Waals surface area contributed by atoms with Crippen LogP contribution in [0.4, 0.5) is 0 Å². The second-order valence-electron chi connectivity index (χ2n) is 3.27. The van der Waals surface area contributed by atoms with Gasteiger partial charge in [0, 0.05) is 12.2 Å². The fourth-order valence-electron chi connectivity index (χ4n) is 1.33. The molecule has 0 aromatic heterocycles. The largest absolute Gasteiger partial charge is 0.389 e. The molecule has 0 unspecified atom stereocenters. The Labute approximate surface area is 102 Å². The number of nitrogens with two attached hydrogens (primary N) is 1. The molecule has 16 heavy (non-hydrogen) atoms. The van der Waals surface area contributed by atoms with E-state index in [1.807, 2.05) is 31.2 Å². The zero-order valence-corrected chi connectivity index (χ0v) is 10.3. The topological polar surface area (TPSA) is 44.5 Å². The number of benzene rings is 1. The van der Waals surface area contributed by atoms with Crippen molar-refractivity contribution in [2.45, 2.75) is 13.5 Å². The van der Waals surface area contributed by atoms with E-state index in [2.05, 4.69) is 0 Å². The summed E-state index contributed by atoms with van der Waals surface area (Å²) < 4.78 is 10.6. The van der Waals surface area contributed by atoms with Gasteiger partial charge in [0.1, 0.15) is 4.99 Å². The van der Waals surface area contributed by atoms with Crippen molar-refractivity contribution in [3.05, 3.63) is 35.4 Å². The zero-order valence-electron chi connectivity index (χ0n) is 9.44. The lowest BCUT2D eigenvalue weighted by atomic mass is 10.1. The Bertz CT molecular complexity index is 342. The van der Waals surface area contributed by atoms with E-state index in [0.29, 0.717) is 31.4 Å². The monoisotopic (exact) mass is 239 g/mol. The van der Waals surface area contributed by atoms with Crippen LogP contribution in [0.2, 0.25) is 0 Å². The molecule has 0 radical (unpaired) electrons. The molecule has 1 rings (SSSR count). The maximum Gasteiger partial charge on any atom is 0.104 e. The third-order valence-electron chi connectivity index (χ3n) is 2.12. The fourth-order valence-corrected chi connectivity index (χ4v) is 1.53. The maximum atomic E-state index is 5.62. The zero-order chi connectivity index (χ0) is 11.8. The van der Waals surface area contributed by atoms with Crippen LogP contribution in [-0.2, 0) is 16.1 Å². The molecule has 0 atom stereocenters. The van der Waals surface area contributed by atoms with E-state index in [1.54, 1.807) is 0 Å². The molecule has 3 nitrogen and oxygen atoms in total. The molecule has 0 aliphatic carbocycles. The summed E-state index contributed by atoms with van der Waals surface area (Å²) in [6.45, 7) is 4.39. The highest BCUT2D eigenvalue weighted by Gasteiger charge is 2.03. The van der Waals surface area contributed by atoms with Crippen LogP contribution in [0.1, 0.15) is 18.1 Å². The molecular formula is C12H17NO2S. The van der Waals surface area contributed by atoms with Gasteiger partial charge in [0.15, 0.2) is 0 Å². The number of rotatable bonds is 7. The molecule has 1 aromatic rings. The van der Waals surface area contributed by atoms with Gasteiger partial charge in [0.05, 0.1) is 19.8 Å².